The van der Waals surface area contributed by atoms with Gasteiger partial charge in [0.1, 0.15) is 5.75 Å². The molecule has 4 heteroatoms. The molecule has 0 aliphatic carbocycles. The van der Waals surface area contributed by atoms with Gasteiger partial charge in [-0.05, 0) is 30.2 Å². The average molecular weight is 258 g/mol. The number of nitrogens with one attached hydrogen (secondary N) is 1. The van der Waals surface area contributed by atoms with Crippen LogP contribution in [0.2, 0.25) is 0 Å². The number of amides is 1. The van der Waals surface area contributed by atoms with E-state index in [1.165, 1.54) is 0 Å². The summed E-state index contributed by atoms with van der Waals surface area (Å²) in [6, 6.07) is 7.84. The largest absolute Gasteiger partial charge is 0.497 e. The molecular weight excluding hydrogens is 240 g/mol. The number of benzene rings is 1. The van der Waals surface area contributed by atoms with Crippen LogP contribution in [-0.4, -0.2) is 18.7 Å². The van der Waals surface area contributed by atoms with Crippen molar-refractivity contribution in [2.24, 2.45) is 11.0 Å². The van der Waals surface area contributed by atoms with E-state index in [0.29, 0.717) is 6.42 Å². The van der Waals surface area contributed by atoms with Crippen LogP contribution in [0.4, 0.5) is 0 Å². The summed E-state index contributed by atoms with van der Waals surface area (Å²) in [6.45, 7) is 4.03. The number of hydrazone groups is 1. The van der Waals surface area contributed by atoms with Gasteiger partial charge in [-0.2, -0.15) is 5.10 Å². The minimum Gasteiger partial charge on any atom is -0.497 e. The van der Waals surface area contributed by atoms with E-state index >= 15 is 0 Å². The Balaban J connectivity index is 2.20. The summed E-state index contributed by atoms with van der Waals surface area (Å²) >= 11 is 0. The fourth-order valence-electron chi connectivity index (χ4n) is 2.15. The van der Waals surface area contributed by atoms with Gasteiger partial charge in [-0.3, -0.25) is 4.79 Å². The van der Waals surface area contributed by atoms with Crippen LogP contribution in [0.15, 0.2) is 34.9 Å². The number of allylic oxidation sites excluding steroid dienone is 1. The van der Waals surface area contributed by atoms with Crippen molar-refractivity contribution in [2.45, 2.75) is 20.3 Å². The van der Waals surface area contributed by atoms with Crippen molar-refractivity contribution in [2.75, 3.05) is 7.11 Å². The first-order valence-corrected chi connectivity index (χ1v) is 6.29. The van der Waals surface area contributed by atoms with Crippen molar-refractivity contribution >= 4 is 17.7 Å². The number of ether oxygens (including phenoxy) is 1. The zero-order valence-corrected chi connectivity index (χ0v) is 11.4. The molecule has 1 unspecified atom stereocenters. The minimum atomic E-state index is -0.0199. The van der Waals surface area contributed by atoms with Gasteiger partial charge in [-0.25, -0.2) is 5.43 Å². The highest BCUT2D eigenvalue weighted by Gasteiger charge is 2.21. The molecule has 0 bridgehead atoms. The van der Waals surface area contributed by atoms with E-state index < -0.39 is 0 Å². The Morgan fingerprint density at radius 3 is 2.68 bits per heavy atom. The lowest BCUT2D eigenvalue weighted by Crippen LogP contribution is -2.31. The van der Waals surface area contributed by atoms with E-state index in [2.05, 4.69) is 16.6 Å². The molecule has 2 rings (SSSR count). The van der Waals surface area contributed by atoms with E-state index in [0.717, 1.165) is 22.6 Å². The number of hydrogen-bond donors (Lipinski definition) is 1. The molecule has 1 aliphatic rings. The summed E-state index contributed by atoms with van der Waals surface area (Å²) in [5.41, 5.74) is 5.63. The van der Waals surface area contributed by atoms with Gasteiger partial charge >= 0.3 is 0 Å². The quantitative estimate of drug-likeness (QED) is 0.906. The first-order valence-electron chi connectivity index (χ1n) is 6.29. The molecule has 0 aromatic heterocycles. The van der Waals surface area contributed by atoms with Gasteiger partial charge in [0.15, 0.2) is 0 Å². The van der Waals surface area contributed by atoms with Gasteiger partial charge < -0.3 is 4.74 Å². The molecular formula is C15H18N2O2. The molecule has 0 radical (unpaired) electrons. The van der Waals surface area contributed by atoms with E-state index in [9.17, 15) is 4.79 Å². The van der Waals surface area contributed by atoms with Crippen molar-refractivity contribution in [3.05, 3.63) is 35.4 Å². The first-order chi connectivity index (χ1) is 9.10. The molecule has 1 heterocycles. The molecule has 1 aromatic carbocycles. The highest BCUT2D eigenvalue weighted by molar-refractivity contribution is 6.07. The summed E-state index contributed by atoms with van der Waals surface area (Å²) in [6.07, 6.45) is 2.55. The summed E-state index contributed by atoms with van der Waals surface area (Å²) in [7, 11) is 1.65. The van der Waals surface area contributed by atoms with Crippen molar-refractivity contribution in [1.29, 1.82) is 0 Å². The van der Waals surface area contributed by atoms with Gasteiger partial charge in [0.25, 0.3) is 0 Å². The molecule has 1 atom stereocenters. The Hall–Kier alpha value is -2.10. The fourth-order valence-corrected chi connectivity index (χ4v) is 2.15. The molecule has 0 spiro atoms. The normalized spacial score (nSPS) is 19.7. The third-order valence-electron chi connectivity index (χ3n) is 3.16. The van der Waals surface area contributed by atoms with E-state index in [1.54, 1.807) is 7.11 Å². The summed E-state index contributed by atoms with van der Waals surface area (Å²) in [5.74, 6) is 0.974. The van der Waals surface area contributed by atoms with Gasteiger partial charge in [-0.15, -0.1) is 0 Å². The fraction of sp³-hybridized carbons (Fsp3) is 0.333. The number of hydrogen-bond acceptors (Lipinski definition) is 3. The van der Waals surface area contributed by atoms with Crippen molar-refractivity contribution in [3.63, 3.8) is 0 Å². The van der Waals surface area contributed by atoms with Crippen molar-refractivity contribution < 1.29 is 9.53 Å². The zero-order valence-electron chi connectivity index (χ0n) is 11.4. The van der Waals surface area contributed by atoms with Crippen molar-refractivity contribution in [1.82, 2.24) is 5.43 Å². The molecule has 1 aromatic rings. The molecule has 0 saturated carbocycles. The monoisotopic (exact) mass is 258 g/mol. The maximum Gasteiger partial charge on any atom is 0.240 e. The van der Waals surface area contributed by atoms with Gasteiger partial charge in [0, 0.05) is 12.3 Å². The summed E-state index contributed by atoms with van der Waals surface area (Å²) in [4.78, 5) is 11.2. The molecule has 19 heavy (non-hydrogen) atoms. The van der Waals surface area contributed by atoms with E-state index in [1.807, 2.05) is 38.1 Å². The van der Waals surface area contributed by atoms with Crippen LogP contribution in [0.1, 0.15) is 25.8 Å². The Morgan fingerprint density at radius 2 is 2.11 bits per heavy atom. The Labute approximate surface area is 113 Å². The van der Waals surface area contributed by atoms with Crippen LogP contribution < -0.4 is 10.2 Å². The van der Waals surface area contributed by atoms with Crippen LogP contribution in [0.25, 0.3) is 6.08 Å². The lowest BCUT2D eigenvalue weighted by atomic mass is 9.93. The minimum absolute atomic E-state index is 0.0199. The standard InChI is InChI=1S/C15H18N2O2/c1-10(15-11(2)9-14(18)16-17-15)8-12-4-6-13(19-3)7-5-12/h4-8,11H,9H2,1-3H3,(H,16,18). The van der Waals surface area contributed by atoms with Crippen LogP contribution >= 0.6 is 0 Å². The SMILES string of the molecule is COc1ccc(C=C(C)C2=NNC(=O)CC2C)cc1. The van der Waals surface area contributed by atoms with Gasteiger partial charge in [0.05, 0.1) is 12.8 Å². The second-order valence-electron chi connectivity index (χ2n) is 4.74. The third-order valence-corrected chi connectivity index (χ3v) is 3.16. The lowest BCUT2D eigenvalue weighted by molar-refractivity contribution is -0.121. The predicted molar refractivity (Wildman–Crippen MR) is 76.0 cm³/mol. The number of nitrogens with zero attached hydrogens (tertiary/aromatic N) is 1. The van der Waals surface area contributed by atoms with Crippen molar-refractivity contribution in [3.8, 4) is 5.75 Å². The Bertz CT molecular complexity index is 530. The maximum absolute atomic E-state index is 11.2. The maximum atomic E-state index is 11.2. The van der Waals surface area contributed by atoms with E-state index in [-0.39, 0.29) is 11.8 Å². The summed E-state index contributed by atoms with van der Waals surface area (Å²) in [5, 5.41) is 4.15. The van der Waals surface area contributed by atoms with Crippen LogP contribution in [0, 0.1) is 5.92 Å². The number of methoxy groups -OCH3 is 1. The smallest absolute Gasteiger partial charge is 0.240 e. The molecule has 1 N–H and O–H groups in total. The molecule has 1 aliphatic heterocycles. The molecule has 0 fully saturated rings. The molecule has 0 saturated heterocycles. The number of carbonyl (C=O) groups excluding carboxylic acids is 1. The second-order valence-corrected chi connectivity index (χ2v) is 4.74. The lowest BCUT2D eigenvalue weighted by Gasteiger charge is -2.19. The van der Waals surface area contributed by atoms with E-state index in [4.69, 9.17) is 4.74 Å². The zero-order chi connectivity index (χ0) is 13.8. The molecule has 1 amide bonds. The van der Waals surface area contributed by atoms with Gasteiger partial charge in [-0.1, -0.05) is 25.1 Å². The van der Waals surface area contributed by atoms with Crippen LogP contribution in [0.5, 0.6) is 5.75 Å². The van der Waals surface area contributed by atoms with Crippen LogP contribution in [0.3, 0.4) is 0 Å². The Morgan fingerprint density at radius 1 is 1.42 bits per heavy atom. The first kappa shape index (κ1) is 13.3. The average Bonchev–Trinajstić information content (AvgIpc) is 2.39. The predicted octanol–water partition coefficient (Wildman–Crippen LogP) is 2.61. The second kappa shape index (κ2) is 5.69. The van der Waals surface area contributed by atoms with Gasteiger partial charge in [0.2, 0.25) is 5.91 Å². The van der Waals surface area contributed by atoms with Crippen LogP contribution in [-0.2, 0) is 4.79 Å². The summed E-state index contributed by atoms with van der Waals surface area (Å²) < 4.78 is 5.13. The topological polar surface area (TPSA) is 50.7 Å². The number of carbonyl (C=O) groups is 1. The number of rotatable bonds is 3. The molecule has 100 valence electrons. The molecule has 4 nitrogen and oxygen atoms in total. The third kappa shape index (κ3) is 3.22. The highest BCUT2D eigenvalue weighted by atomic mass is 16.5. The highest BCUT2D eigenvalue weighted by Crippen LogP contribution is 2.19. The Kier molecular flexibility index (Phi) is 4.00.